The van der Waals surface area contributed by atoms with Crippen molar-refractivity contribution in [3.8, 4) is 11.1 Å². The van der Waals surface area contributed by atoms with E-state index in [2.05, 4.69) is 39.6 Å². The Labute approximate surface area is 188 Å². The van der Waals surface area contributed by atoms with E-state index in [1.807, 2.05) is 19.1 Å². The van der Waals surface area contributed by atoms with Crippen molar-refractivity contribution in [1.82, 2.24) is 20.2 Å². The lowest BCUT2D eigenvalue weighted by Gasteiger charge is -2.46. The minimum absolute atomic E-state index is 0.0952. The molecule has 1 atom stereocenters. The van der Waals surface area contributed by atoms with Crippen molar-refractivity contribution >= 4 is 11.8 Å². The Morgan fingerprint density at radius 3 is 2.41 bits per heavy atom. The number of likely N-dealkylation sites (tertiary alicyclic amines) is 1. The number of hydrogen-bond acceptors (Lipinski definition) is 4. The number of nitrogens with one attached hydrogen (secondary N) is 1. The van der Waals surface area contributed by atoms with Crippen LogP contribution < -0.4 is 5.32 Å². The van der Waals surface area contributed by atoms with Crippen molar-refractivity contribution in [2.75, 3.05) is 13.1 Å². The summed E-state index contributed by atoms with van der Waals surface area (Å²) in [6.45, 7) is 2.97. The molecule has 1 N–H and O–H groups in total. The minimum atomic E-state index is -0.930. The summed E-state index contributed by atoms with van der Waals surface area (Å²) in [4.78, 5) is 36.9. The number of carbonyl (C=O) groups is 2. The SMILES string of the molecule is CCNC(=O)C1(Cc2ccc(-c3ccncc3)cc2)CCCCN1C(=O)c1ccccn1. The highest BCUT2D eigenvalue weighted by Crippen LogP contribution is 2.34. The second-order valence-electron chi connectivity index (χ2n) is 8.13. The van der Waals surface area contributed by atoms with Crippen LogP contribution in [0.4, 0.5) is 0 Å². The van der Waals surface area contributed by atoms with Gasteiger partial charge in [-0.25, -0.2) is 0 Å². The van der Waals surface area contributed by atoms with E-state index in [4.69, 9.17) is 0 Å². The first-order valence-corrected chi connectivity index (χ1v) is 11.1. The van der Waals surface area contributed by atoms with Crippen LogP contribution in [-0.4, -0.2) is 45.3 Å². The molecule has 1 aliphatic rings. The number of amides is 2. The predicted molar refractivity (Wildman–Crippen MR) is 124 cm³/mol. The molecule has 0 saturated carbocycles. The predicted octanol–water partition coefficient (Wildman–Crippen LogP) is 3.89. The second kappa shape index (κ2) is 9.73. The van der Waals surface area contributed by atoms with Crippen LogP contribution in [0.5, 0.6) is 0 Å². The molecule has 1 aliphatic heterocycles. The third-order valence-corrected chi connectivity index (χ3v) is 6.09. The maximum absolute atomic E-state index is 13.4. The molecule has 1 unspecified atom stereocenters. The maximum Gasteiger partial charge on any atom is 0.273 e. The lowest BCUT2D eigenvalue weighted by Crippen LogP contribution is -2.64. The molecule has 2 amide bonds. The lowest BCUT2D eigenvalue weighted by molar-refractivity contribution is -0.134. The number of piperidine rings is 1. The van der Waals surface area contributed by atoms with Crippen molar-refractivity contribution < 1.29 is 9.59 Å². The van der Waals surface area contributed by atoms with Gasteiger partial charge in [0.25, 0.3) is 5.91 Å². The molecule has 6 heteroatoms. The van der Waals surface area contributed by atoms with Crippen molar-refractivity contribution in [3.63, 3.8) is 0 Å². The molecule has 0 aliphatic carbocycles. The van der Waals surface area contributed by atoms with Gasteiger partial charge in [0, 0.05) is 38.1 Å². The van der Waals surface area contributed by atoms with Crippen molar-refractivity contribution in [2.24, 2.45) is 0 Å². The van der Waals surface area contributed by atoms with Crippen LogP contribution in [0.15, 0.2) is 73.2 Å². The summed E-state index contributed by atoms with van der Waals surface area (Å²) in [6, 6.07) is 17.5. The van der Waals surface area contributed by atoms with Crippen molar-refractivity contribution in [2.45, 2.75) is 38.1 Å². The standard InChI is InChI=1S/C26H28N4O2/c1-2-28-25(32)26(14-4-6-18-30(26)24(31)23-7-3-5-15-29-23)19-20-8-10-21(11-9-20)22-12-16-27-17-13-22/h3,5,7-13,15-17H,2,4,6,14,18-19H2,1H3,(H,28,32). The molecular weight excluding hydrogens is 400 g/mol. The third-order valence-electron chi connectivity index (χ3n) is 6.09. The average Bonchev–Trinajstić information content (AvgIpc) is 2.85. The molecule has 4 rings (SSSR count). The molecule has 1 saturated heterocycles. The first kappa shape index (κ1) is 21.7. The quantitative estimate of drug-likeness (QED) is 0.646. The first-order chi connectivity index (χ1) is 15.6. The van der Waals surface area contributed by atoms with Gasteiger partial charge in [0.1, 0.15) is 11.2 Å². The van der Waals surface area contributed by atoms with E-state index in [1.54, 1.807) is 41.7 Å². The van der Waals surface area contributed by atoms with Crippen LogP contribution >= 0.6 is 0 Å². The van der Waals surface area contributed by atoms with Gasteiger partial charge in [-0.2, -0.15) is 0 Å². The first-order valence-electron chi connectivity index (χ1n) is 11.1. The molecule has 1 aromatic carbocycles. The van der Waals surface area contributed by atoms with Gasteiger partial charge < -0.3 is 10.2 Å². The molecule has 0 bridgehead atoms. The summed E-state index contributed by atoms with van der Waals surface area (Å²) in [7, 11) is 0. The zero-order valence-corrected chi connectivity index (χ0v) is 18.3. The molecule has 3 aromatic rings. The summed E-state index contributed by atoms with van der Waals surface area (Å²) >= 11 is 0. The largest absolute Gasteiger partial charge is 0.354 e. The third kappa shape index (κ3) is 4.40. The van der Waals surface area contributed by atoms with E-state index >= 15 is 0 Å². The highest BCUT2D eigenvalue weighted by Gasteiger charge is 2.48. The van der Waals surface area contributed by atoms with Crippen LogP contribution in [0.3, 0.4) is 0 Å². The van der Waals surface area contributed by atoms with E-state index in [0.29, 0.717) is 31.6 Å². The zero-order chi connectivity index (χ0) is 22.4. The van der Waals surface area contributed by atoms with Gasteiger partial charge in [0.05, 0.1) is 0 Å². The molecule has 2 aromatic heterocycles. The van der Waals surface area contributed by atoms with E-state index in [-0.39, 0.29) is 11.8 Å². The maximum atomic E-state index is 13.4. The summed E-state index contributed by atoms with van der Waals surface area (Å²) in [5.74, 6) is -0.285. The molecule has 32 heavy (non-hydrogen) atoms. The molecule has 3 heterocycles. The Kier molecular flexibility index (Phi) is 6.59. The Morgan fingerprint density at radius 2 is 1.72 bits per heavy atom. The highest BCUT2D eigenvalue weighted by molar-refractivity contribution is 5.98. The summed E-state index contributed by atoms with van der Waals surface area (Å²) in [5.41, 5.74) is 2.65. The molecular formula is C26H28N4O2. The van der Waals surface area contributed by atoms with Gasteiger partial charge in [0.2, 0.25) is 5.91 Å². The van der Waals surface area contributed by atoms with E-state index in [1.165, 1.54) is 0 Å². The summed E-state index contributed by atoms with van der Waals surface area (Å²) in [5, 5.41) is 2.99. The lowest BCUT2D eigenvalue weighted by atomic mass is 9.79. The van der Waals surface area contributed by atoms with Gasteiger partial charge in [0.15, 0.2) is 0 Å². The van der Waals surface area contributed by atoms with Gasteiger partial charge >= 0.3 is 0 Å². The van der Waals surface area contributed by atoms with Crippen LogP contribution in [0.2, 0.25) is 0 Å². The fourth-order valence-electron chi connectivity index (χ4n) is 4.48. The van der Waals surface area contributed by atoms with Crippen LogP contribution in [0.25, 0.3) is 11.1 Å². The Hall–Kier alpha value is -3.54. The Morgan fingerprint density at radius 1 is 0.969 bits per heavy atom. The topological polar surface area (TPSA) is 75.2 Å². The van der Waals surface area contributed by atoms with Crippen LogP contribution in [0.1, 0.15) is 42.2 Å². The van der Waals surface area contributed by atoms with Crippen LogP contribution in [0, 0.1) is 0 Å². The number of hydrogen-bond donors (Lipinski definition) is 1. The van der Waals surface area contributed by atoms with Crippen LogP contribution in [-0.2, 0) is 11.2 Å². The van der Waals surface area contributed by atoms with E-state index < -0.39 is 5.54 Å². The number of carbonyl (C=O) groups excluding carboxylic acids is 2. The Balaban J connectivity index is 1.67. The number of nitrogens with zero attached hydrogens (tertiary/aromatic N) is 3. The second-order valence-corrected chi connectivity index (χ2v) is 8.13. The smallest absolute Gasteiger partial charge is 0.273 e. The van der Waals surface area contributed by atoms with Crippen molar-refractivity contribution in [1.29, 1.82) is 0 Å². The van der Waals surface area contributed by atoms with Gasteiger partial charge in [-0.3, -0.25) is 19.6 Å². The van der Waals surface area contributed by atoms with Crippen molar-refractivity contribution in [3.05, 3.63) is 84.4 Å². The highest BCUT2D eigenvalue weighted by atomic mass is 16.2. The molecule has 164 valence electrons. The van der Waals surface area contributed by atoms with Gasteiger partial charge in [-0.15, -0.1) is 0 Å². The number of likely N-dealkylation sites (N-methyl/N-ethyl adjacent to an activating group) is 1. The fraction of sp³-hybridized carbons (Fsp3) is 0.308. The fourth-order valence-corrected chi connectivity index (χ4v) is 4.48. The molecule has 0 spiro atoms. The van der Waals surface area contributed by atoms with Gasteiger partial charge in [-0.05, 0) is 67.1 Å². The van der Waals surface area contributed by atoms with E-state index in [9.17, 15) is 9.59 Å². The molecule has 0 radical (unpaired) electrons. The van der Waals surface area contributed by atoms with E-state index in [0.717, 1.165) is 29.5 Å². The number of aromatic nitrogens is 2. The molecule has 6 nitrogen and oxygen atoms in total. The average molecular weight is 429 g/mol. The normalized spacial score (nSPS) is 18.2. The number of pyridine rings is 2. The monoisotopic (exact) mass is 428 g/mol. The number of rotatable bonds is 6. The summed E-state index contributed by atoms with van der Waals surface area (Å²) in [6.07, 6.45) is 8.03. The van der Waals surface area contributed by atoms with Gasteiger partial charge in [-0.1, -0.05) is 30.3 Å². The summed E-state index contributed by atoms with van der Waals surface area (Å²) < 4.78 is 0. The Bertz CT molecular complexity index is 1050. The minimum Gasteiger partial charge on any atom is -0.354 e. The molecule has 1 fully saturated rings. The number of benzene rings is 1. The zero-order valence-electron chi connectivity index (χ0n) is 18.3.